The van der Waals surface area contributed by atoms with E-state index in [2.05, 4.69) is 13.8 Å². The lowest BCUT2D eigenvalue weighted by atomic mass is 9.91. The van der Waals surface area contributed by atoms with Gasteiger partial charge in [-0.05, 0) is 88.3 Å². The molecule has 39 heavy (non-hydrogen) atoms. The molecule has 2 N–H and O–H groups in total. The summed E-state index contributed by atoms with van der Waals surface area (Å²) in [4.78, 5) is 38.2. The summed E-state index contributed by atoms with van der Waals surface area (Å²) in [7, 11) is 0. The van der Waals surface area contributed by atoms with Gasteiger partial charge in [-0.15, -0.1) is 0 Å². The fourth-order valence-electron chi connectivity index (χ4n) is 4.48. The topological polar surface area (TPSA) is 91.4 Å². The summed E-state index contributed by atoms with van der Waals surface area (Å²) >= 11 is 0. The highest BCUT2D eigenvalue weighted by atomic mass is 19.1. The number of anilines is 1. The van der Waals surface area contributed by atoms with Crippen LogP contribution in [0.2, 0.25) is 0 Å². The van der Waals surface area contributed by atoms with Gasteiger partial charge in [-0.25, -0.2) is 8.78 Å². The van der Waals surface area contributed by atoms with Crippen LogP contribution < -0.4 is 11.3 Å². The number of hydrogen-bond acceptors (Lipinski definition) is 5. The molecule has 0 saturated heterocycles. The molecule has 208 valence electrons. The van der Waals surface area contributed by atoms with Gasteiger partial charge in [0.2, 0.25) is 0 Å². The van der Waals surface area contributed by atoms with E-state index in [4.69, 9.17) is 10.5 Å². The van der Waals surface area contributed by atoms with Crippen molar-refractivity contribution in [1.29, 1.82) is 0 Å². The number of nitrogens with zero attached hydrogens (tertiary/aromatic N) is 1. The molecule has 2 aromatic carbocycles. The lowest BCUT2D eigenvalue weighted by Gasteiger charge is -2.25. The third-order valence-corrected chi connectivity index (χ3v) is 6.26. The molecular weight excluding hydrogens is 502 g/mol. The van der Waals surface area contributed by atoms with Gasteiger partial charge in [0, 0.05) is 12.1 Å². The van der Waals surface area contributed by atoms with Gasteiger partial charge in [0.15, 0.2) is 5.78 Å². The number of ether oxygens (including phenoxy) is 1. The number of nitrogens with two attached hydrogens (primary N) is 1. The lowest BCUT2D eigenvalue weighted by Crippen LogP contribution is -2.29. The Kier molecular flexibility index (Phi) is 9.43. The molecule has 0 fully saturated rings. The van der Waals surface area contributed by atoms with Crippen molar-refractivity contribution in [3.8, 4) is 5.69 Å². The van der Waals surface area contributed by atoms with Crippen LogP contribution in [-0.2, 0) is 16.0 Å². The van der Waals surface area contributed by atoms with Crippen LogP contribution in [0.5, 0.6) is 0 Å². The van der Waals surface area contributed by atoms with Crippen LogP contribution in [0.15, 0.2) is 59.4 Å². The molecule has 0 aliphatic rings. The van der Waals surface area contributed by atoms with E-state index in [1.54, 1.807) is 12.1 Å². The van der Waals surface area contributed by atoms with Crippen molar-refractivity contribution < 1.29 is 23.1 Å². The SMILES string of the molecule is CC(C)C[C@H](CCCc1ccc(-n2c(N)c(C(=O)c3ccc(F)cc3F)ccc2=O)cc1)C(=O)OC(C)(C)C. The van der Waals surface area contributed by atoms with E-state index in [9.17, 15) is 23.2 Å². The number of halogens is 2. The molecule has 0 aliphatic heterocycles. The van der Waals surface area contributed by atoms with E-state index >= 15 is 0 Å². The summed E-state index contributed by atoms with van der Waals surface area (Å²) in [6.45, 7) is 9.77. The molecule has 0 radical (unpaired) electrons. The average molecular weight is 539 g/mol. The quantitative estimate of drug-likeness (QED) is 0.243. The molecule has 0 bridgehead atoms. The van der Waals surface area contributed by atoms with E-state index in [0.717, 1.165) is 37.0 Å². The van der Waals surface area contributed by atoms with Crippen molar-refractivity contribution in [3.05, 3.63) is 93.3 Å². The van der Waals surface area contributed by atoms with Gasteiger partial charge in [-0.2, -0.15) is 0 Å². The lowest BCUT2D eigenvalue weighted by molar-refractivity contribution is -0.160. The van der Waals surface area contributed by atoms with Gasteiger partial charge in [0.25, 0.3) is 5.56 Å². The average Bonchev–Trinajstić information content (AvgIpc) is 2.83. The number of carbonyl (C=O) groups is 2. The first kappa shape index (κ1) is 29.7. The summed E-state index contributed by atoms with van der Waals surface area (Å²) < 4.78 is 34.3. The first-order valence-electron chi connectivity index (χ1n) is 13.1. The fourth-order valence-corrected chi connectivity index (χ4v) is 4.48. The highest BCUT2D eigenvalue weighted by Crippen LogP contribution is 2.24. The largest absolute Gasteiger partial charge is 0.460 e. The van der Waals surface area contributed by atoms with E-state index in [1.807, 2.05) is 32.9 Å². The van der Waals surface area contributed by atoms with Crippen molar-refractivity contribution >= 4 is 17.6 Å². The number of carbonyl (C=O) groups excluding carboxylic acids is 2. The normalized spacial score (nSPS) is 12.4. The minimum atomic E-state index is -1.01. The Balaban J connectivity index is 1.75. The van der Waals surface area contributed by atoms with Crippen molar-refractivity contribution in [1.82, 2.24) is 4.57 Å². The molecule has 1 aromatic heterocycles. The molecule has 1 atom stereocenters. The summed E-state index contributed by atoms with van der Waals surface area (Å²) in [5.74, 6) is -2.68. The minimum absolute atomic E-state index is 0.0671. The van der Waals surface area contributed by atoms with Crippen molar-refractivity contribution in [2.24, 2.45) is 11.8 Å². The molecule has 0 spiro atoms. The molecule has 0 saturated carbocycles. The van der Waals surface area contributed by atoms with Crippen LogP contribution in [0.25, 0.3) is 5.69 Å². The summed E-state index contributed by atoms with van der Waals surface area (Å²) in [5.41, 5.74) is 6.27. The van der Waals surface area contributed by atoms with E-state index < -0.39 is 28.6 Å². The number of rotatable bonds is 10. The number of benzene rings is 2. The zero-order valence-corrected chi connectivity index (χ0v) is 23.1. The number of pyridine rings is 1. The highest BCUT2D eigenvalue weighted by molar-refractivity contribution is 6.11. The summed E-state index contributed by atoms with van der Waals surface area (Å²) in [5, 5.41) is 0. The van der Waals surface area contributed by atoms with E-state index in [-0.39, 0.29) is 28.8 Å². The van der Waals surface area contributed by atoms with Crippen molar-refractivity contribution in [3.63, 3.8) is 0 Å². The first-order chi connectivity index (χ1) is 18.3. The molecule has 0 unspecified atom stereocenters. The van der Waals surface area contributed by atoms with Gasteiger partial charge in [0.05, 0.1) is 22.7 Å². The number of aromatic nitrogens is 1. The molecule has 3 aromatic rings. The highest BCUT2D eigenvalue weighted by Gasteiger charge is 2.25. The number of ketones is 1. The maximum atomic E-state index is 14.2. The Hall–Kier alpha value is -3.81. The zero-order valence-electron chi connectivity index (χ0n) is 23.1. The minimum Gasteiger partial charge on any atom is -0.460 e. The second-order valence-electron chi connectivity index (χ2n) is 11.2. The Morgan fingerprint density at radius 2 is 1.62 bits per heavy atom. The molecule has 0 aliphatic carbocycles. The Bertz CT molecular complexity index is 1390. The Morgan fingerprint density at radius 1 is 0.974 bits per heavy atom. The van der Waals surface area contributed by atoms with Gasteiger partial charge in [0.1, 0.15) is 23.1 Å². The molecule has 6 nitrogen and oxygen atoms in total. The zero-order chi connectivity index (χ0) is 28.9. The van der Waals surface area contributed by atoms with Crippen molar-refractivity contribution in [2.75, 3.05) is 5.73 Å². The Labute approximate surface area is 227 Å². The molecular formula is C31H36F2N2O4. The fraction of sp³-hybridized carbons (Fsp3) is 0.387. The molecule has 8 heteroatoms. The predicted octanol–water partition coefficient (Wildman–Crippen LogP) is 6.26. The van der Waals surface area contributed by atoms with Crippen molar-refractivity contribution in [2.45, 2.75) is 65.9 Å². The van der Waals surface area contributed by atoms with Gasteiger partial charge in [-0.1, -0.05) is 26.0 Å². The van der Waals surface area contributed by atoms with Crippen LogP contribution in [0.4, 0.5) is 14.6 Å². The monoisotopic (exact) mass is 538 g/mol. The number of nitrogen functional groups attached to an aromatic ring is 1. The van der Waals surface area contributed by atoms with Crippen LogP contribution >= 0.6 is 0 Å². The van der Waals surface area contributed by atoms with Crippen LogP contribution in [0.1, 0.15) is 75.4 Å². The molecule has 0 amide bonds. The van der Waals surface area contributed by atoms with Crippen LogP contribution in [0.3, 0.4) is 0 Å². The number of hydrogen-bond donors (Lipinski definition) is 1. The van der Waals surface area contributed by atoms with Crippen LogP contribution in [0, 0.1) is 23.5 Å². The van der Waals surface area contributed by atoms with E-state index in [0.29, 0.717) is 24.1 Å². The smallest absolute Gasteiger partial charge is 0.309 e. The number of aryl methyl sites for hydroxylation is 1. The summed E-state index contributed by atoms with van der Waals surface area (Å²) in [6.07, 6.45) is 2.97. The first-order valence-corrected chi connectivity index (χ1v) is 13.1. The van der Waals surface area contributed by atoms with Gasteiger partial charge in [-0.3, -0.25) is 19.0 Å². The standard InChI is InChI=1S/C31H36F2N2O4/c1-19(2)17-21(30(38)39-31(3,4)5)8-6-7-20-9-12-23(13-10-20)35-27(36)16-15-25(29(35)34)28(37)24-14-11-22(32)18-26(24)33/h9-16,18-19,21H,6-8,17,34H2,1-5H3/t21-/m0/s1. The molecule has 3 rings (SSSR count). The van der Waals surface area contributed by atoms with E-state index in [1.165, 1.54) is 16.7 Å². The third kappa shape index (κ3) is 7.85. The third-order valence-electron chi connectivity index (χ3n) is 6.26. The number of esters is 1. The Morgan fingerprint density at radius 3 is 2.21 bits per heavy atom. The maximum Gasteiger partial charge on any atom is 0.309 e. The maximum absolute atomic E-state index is 14.2. The predicted molar refractivity (Wildman–Crippen MR) is 148 cm³/mol. The van der Waals surface area contributed by atoms with Gasteiger partial charge < -0.3 is 10.5 Å². The second-order valence-corrected chi connectivity index (χ2v) is 11.2. The molecule has 1 heterocycles. The summed E-state index contributed by atoms with van der Waals surface area (Å²) in [6, 6.07) is 12.2. The van der Waals surface area contributed by atoms with Crippen LogP contribution in [-0.4, -0.2) is 21.9 Å². The van der Waals surface area contributed by atoms with Gasteiger partial charge >= 0.3 is 5.97 Å². The second kappa shape index (κ2) is 12.4.